The molecule has 0 amide bonds. The van der Waals surface area contributed by atoms with E-state index >= 15 is 0 Å². The first-order chi connectivity index (χ1) is 13.6. The number of imidazole rings is 1. The van der Waals surface area contributed by atoms with Gasteiger partial charge in [0.25, 0.3) is 0 Å². The lowest BCUT2D eigenvalue weighted by Crippen LogP contribution is -2.31. The van der Waals surface area contributed by atoms with Crippen LogP contribution in [0.5, 0.6) is 11.5 Å². The van der Waals surface area contributed by atoms with E-state index in [2.05, 4.69) is 16.9 Å². The van der Waals surface area contributed by atoms with E-state index < -0.39 is 5.79 Å². The van der Waals surface area contributed by atoms with Gasteiger partial charge in [-0.05, 0) is 55.8 Å². The molecular formula is C22H23ClN2O3. The Labute approximate surface area is 169 Å². The molecule has 0 saturated carbocycles. The average Bonchev–Trinajstić information content (AvgIpc) is 3.29. The van der Waals surface area contributed by atoms with Gasteiger partial charge in [0.1, 0.15) is 17.3 Å². The molecule has 0 aliphatic carbocycles. The molecule has 1 N–H and O–H groups in total. The highest BCUT2D eigenvalue weighted by Gasteiger charge is 2.43. The highest BCUT2D eigenvalue weighted by molar-refractivity contribution is 6.30. The second-order valence-corrected chi connectivity index (χ2v) is 7.40. The number of hydrogen-bond donors (Lipinski definition) is 1. The number of H-pyrrole nitrogens is 1. The van der Waals surface area contributed by atoms with Gasteiger partial charge in [0.15, 0.2) is 0 Å². The Kier molecular flexibility index (Phi) is 5.40. The molecule has 4 rings (SSSR count). The molecule has 0 spiro atoms. The van der Waals surface area contributed by atoms with E-state index in [1.807, 2.05) is 55.6 Å². The first-order valence-corrected chi connectivity index (χ1v) is 9.80. The second kappa shape index (κ2) is 7.95. The number of hydrogen-bond acceptors (Lipinski definition) is 4. The molecule has 1 aliphatic rings. The summed E-state index contributed by atoms with van der Waals surface area (Å²) < 4.78 is 18.4. The molecule has 2 aromatic carbocycles. The first-order valence-electron chi connectivity index (χ1n) is 9.42. The topological polar surface area (TPSA) is 56.4 Å². The molecule has 2 heterocycles. The molecule has 2 unspecified atom stereocenters. The number of ether oxygens (including phenoxy) is 3. The van der Waals surface area contributed by atoms with E-state index in [-0.39, 0.29) is 6.10 Å². The predicted molar refractivity (Wildman–Crippen MR) is 108 cm³/mol. The molecule has 1 aromatic heterocycles. The minimum Gasteiger partial charge on any atom is -0.457 e. The molecule has 0 radical (unpaired) electrons. The fourth-order valence-corrected chi connectivity index (χ4v) is 3.55. The molecule has 146 valence electrons. The van der Waals surface area contributed by atoms with Crippen molar-refractivity contribution < 1.29 is 14.2 Å². The number of nitrogens with zero attached hydrogens (tertiary/aromatic N) is 1. The zero-order chi connectivity index (χ0) is 19.6. The van der Waals surface area contributed by atoms with Crippen molar-refractivity contribution in [2.24, 2.45) is 0 Å². The maximum absolute atomic E-state index is 6.34. The number of benzene rings is 2. The number of aryl methyl sites for hydroxylation is 1. The van der Waals surface area contributed by atoms with Crippen molar-refractivity contribution in [3.63, 3.8) is 0 Å². The monoisotopic (exact) mass is 398 g/mol. The molecular weight excluding hydrogens is 376 g/mol. The van der Waals surface area contributed by atoms with Crippen LogP contribution in [0.1, 0.15) is 30.4 Å². The van der Waals surface area contributed by atoms with Crippen molar-refractivity contribution in [2.45, 2.75) is 38.6 Å². The molecule has 1 aliphatic heterocycles. The smallest absolute Gasteiger partial charge is 0.200 e. The zero-order valence-corrected chi connectivity index (χ0v) is 16.7. The summed E-state index contributed by atoms with van der Waals surface area (Å²) in [6.07, 6.45) is 3.38. The van der Waals surface area contributed by atoms with Gasteiger partial charge in [0.2, 0.25) is 5.79 Å². The van der Waals surface area contributed by atoms with Crippen molar-refractivity contribution in [3.8, 4) is 11.5 Å². The van der Waals surface area contributed by atoms with Gasteiger partial charge in [0, 0.05) is 28.9 Å². The van der Waals surface area contributed by atoms with Gasteiger partial charge in [-0.2, -0.15) is 0 Å². The maximum atomic E-state index is 6.34. The van der Waals surface area contributed by atoms with Crippen LogP contribution in [0.3, 0.4) is 0 Å². The number of halogens is 1. The molecule has 2 atom stereocenters. The highest BCUT2D eigenvalue weighted by Crippen LogP contribution is 2.39. The van der Waals surface area contributed by atoms with Crippen LogP contribution < -0.4 is 4.74 Å². The van der Waals surface area contributed by atoms with Gasteiger partial charge in [-0.15, -0.1) is 0 Å². The third kappa shape index (κ3) is 4.07. The Morgan fingerprint density at radius 2 is 2.04 bits per heavy atom. The van der Waals surface area contributed by atoms with E-state index in [0.717, 1.165) is 29.3 Å². The van der Waals surface area contributed by atoms with Crippen LogP contribution in [-0.4, -0.2) is 22.7 Å². The number of aromatic nitrogens is 2. The van der Waals surface area contributed by atoms with E-state index in [9.17, 15) is 0 Å². The molecule has 1 saturated heterocycles. The molecule has 1 fully saturated rings. The van der Waals surface area contributed by atoms with Crippen LogP contribution in [-0.2, 0) is 21.7 Å². The second-order valence-electron chi connectivity index (χ2n) is 6.97. The summed E-state index contributed by atoms with van der Waals surface area (Å²) in [6, 6.07) is 15.1. The van der Waals surface area contributed by atoms with Crippen LogP contribution in [0.4, 0.5) is 0 Å². The fraction of sp³-hybridized carbons (Fsp3) is 0.318. The van der Waals surface area contributed by atoms with Gasteiger partial charge < -0.3 is 19.2 Å². The van der Waals surface area contributed by atoms with Gasteiger partial charge in [-0.25, -0.2) is 4.98 Å². The Hall–Kier alpha value is -2.34. The summed E-state index contributed by atoms with van der Waals surface area (Å²) in [5, 5.41) is 0.640. The highest BCUT2D eigenvalue weighted by atomic mass is 35.5. The van der Waals surface area contributed by atoms with E-state index in [1.54, 1.807) is 6.07 Å². The third-order valence-electron chi connectivity index (χ3n) is 4.82. The fourth-order valence-electron chi connectivity index (χ4n) is 3.37. The normalized spacial score (nSPS) is 21.8. The molecule has 0 bridgehead atoms. The van der Waals surface area contributed by atoms with Gasteiger partial charge in [0.05, 0.1) is 12.7 Å². The quantitative estimate of drug-likeness (QED) is 0.605. The molecule has 3 aromatic rings. The maximum Gasteiger partial charge on any atom is 0.200 e. The lowest BCUT2D eigenvalue weighted by Gasteiger charge is -2.28. The van der Waals surface area contributed by atoms with Crippen molar-refractivity contribution in [1.82, 2.24) is 9.97 Å². The third-order valence-corrected chi connectivity index (χ3v) is 5.05. The van der Waals surface area contributed by atoms with E-state index in [1.165, 1.54) is 0 Å². The van der Waals surface area contributed by atoms with Crippen molar-refractivity contribution in [1.29, 1.82) is 0 Å². The number of rotatable bonds is 6. The zero-order valence-electron chi connectivity index (χ0n) is 15.9. The minimum atomic E-state index is -0.825. The summed E-state index contributed by atoms with van der Waals surface area (Å²) in [5.74, 6) is 1.47. The van der Waals surface area contributed by atoms with E-state index in [4.69, 9.17) is 25.8 Å². The van der Waals surface area contributed by atoms with Gasteiger partial charge in [-0.1, -0.05) is 24.6 Å². The Balaban J connectivity index is 1.58. The lowest BCUT2D eigenvalue weighted by atomic mass is 10.0. The van der Waals surface area contributed by atoms with Crippen LogP contribution >= 0.6 is 11.6 Å². The van der Waals surface area contributed by atoms with Crippen molar-refractivity contribution in [2.75, 3.05) is 6.61 Å². The van der Waals surface area contributed by atoms with Gasteiger partial charge >= 0.3 is 0 Å². The Morgan fingerprint density at radius 1 is 1.21 bits per heavy atom. The van der Waals surface area contributed by atoms with Crippen molar-refractivity contribution in [3.05, 3.63) is 76.8 Å². The average molecular weight is 399 g/mol. The van der Waals surface area contributed by atoms with Crippen LogP contribution in [0.25, 0.3) is 0 Å². The van der Waals surface area contributed by atoms with Crippen molar-refractivity contribution >= 4 is 11.6 Å². The summed E-state index contributed by atoms with van der Waals surface area (Å²) in [5.41, 5.74) is 1.93. The number of aromatic amines is 1. The van der Waals surface area contributed by atoms with E-state index in [0.29, 0.717) is 23.8 Å². The SMILES string of the molecule is CCC1COC(Cc2cnc(C)[nH]2)(c2ccc(Oc3cccc(Cl)c3)cc2)O1. The first kappa shape index (κ1) is 19.0. The standard InChI is InChI=1S/C22H23ClN2O3/c1-3-19-14-26-22(28-19,12-18-13-24-15(2)25-18)16-7-9-20(10-8-16)27-21-6-4-5-17(23)11-21/h4-11,13,19H,3,12,14H2,1-2H3,(H,24,25). The minimum absolute atomic E-state index is 0.0754. The lowest BCUT2D eigenvalue weighted by molar-refractivity contribution is -0.176. The molecule has 5 nitrogen and oxygen atoms in total. The summed E-state index contributed by atoms with van der Waals surface area (Å²) in [4.78, 5) is 7.56. The summed E-state index contributed by atoms with van der Waals surface area (Å²) in [7, 11) is 0. The Bertz CT molecular complexity index is 941. The summed E-state index contributed by atoms with van der Waals surface area (Å²) in [6.45, 7) is 4.61. The Morgan fingerprint density at radius 3 is 2.68 bits per heavy atom. The predicted octanol–water partition coefficient (Wildman–Crippen LogP) is 5.38. The van der Waals surface area contributed by atoms with Crippen LogP contribution in [0.2, 0.25) is 5.02 Å². The molecule has 6 heteroatoms. The van der Waals surface area contributed by atoms with Gasteiger partial charge in [-0.3, -0.25) is 0 Å². The van der Waals surface area contributed by atoms with Crippen LogP contribution in [0.15, 0.2) is 54.7 Å². The van der Waals surface area contributed by atoms with Crippen LogP contribution in [0, 0.1) is 6.92 Å². The molecule has 28 heavy (non-hydrogen) atoms. The number of nitrogens with one attached hydrogen (secondary N) is 1. The largest absolute Gasteiger partial charge is 0.457 e. The summed E-state index contributed by atoms with van der Waals surface area (Å²) >= 11 is 6.03.